The molecular formula is C16H20N2O5S2. The quantitative estimate of drug-likeness (QED) is 0.515. The monoisotopic (exact) mass is 384 g/mol. The molecule has 1 aromatic carbocycles. The molecule has 0 aliphatic heterocycles. The van der Waals surface area contributed by atoms with E-state index in [0.29, 0.717) is 11.1 Å². The summed E-state index contributed by atoms with van der Waals surface area (Å²) in [6, 6.07) is 6.22. The fourth-order valence-corrected chi connectivity index (χ4v) is 4.90. The molecule has 0 fully saturated rings. The Balaban J connectivity index is 2.50. The molecule has 0 saturated heterocycles. The molecule has 0 aliphatic carbocycles. The van der Waals surface area contributed by atoms with E-state index in [0.717, 1.165) is 10.9 Å². The highest BCUT2D eigenvalue weighted by atomic mass is 32.2. The van der Waals surface area contributed by atoms with Crippen LogP contribution in [-0.2, 0) is 21.3 Å². The van der Waals surface area contributed by atoms with Gasteiger partial charge in [0.25, 0.3) is 5.69 Å². The van der Waals surface area contributed by atoms with Crippen LogP contribution in [0.25, 0.3) is 0 Å². The molecule has 2 rings (SSSR count). The van der Waals surface area contributed by atoms with Gasteiger partial charge in [-0.15, -0.1) is 11.3 Å². The summed E-state index contributed by atoms with van der Waals surface area (Å²) < 4.78 is 32.7. The number of nitro benzene ring substituents is 1. The van der Waals surface area contributed by atoms with Crippen LogP contribution >= 0.6 is 11.3 Å². The molecule has 25 heavy (non-hydrogen) atoms. The third-order valence-corrected chi connectivity index (χ3v) is 6.72. The number of benzene rings is 1. The van der Waals surface area contributed by atoms with Crippen LogP contribution in [0, 0.1) is 24.0 Å². The van der Waals surface area contributed by atoms with Crippen molar-refractivity contribution in [2.75, 3.05) is 20.3 Å². The van der Waals surface area contributed by atoms with Crippen molar-refractivity contribution in [3.8, 4) is 0 Å². The number of nitrogens with zero attached hydrogens (tertiary/aromatic N) is 2. The lowest BCUT2D eigenvalue weighted by Crippen LogP contribution is -2.33. The third kappa shape index (κ3) is 4.43. The molecule has 0 radical (unpaired) electrons. The van der Waals surface area contributed by atoms with Gasteiger partial charge in [-0.3, -0.25) is 10.1 Å². The maximum absolute atomic E-state index is 13.2. The summed E-state index contributed by atoms with van der Waals surface area (Å²) >= 11 is 1.46. The number of nitro groups is 1. The number of sulfonamides is 1. The van der Waals surface area contributed by atoms with Crippen LogP contribution in [0.2, 0.25) is 0 Å². The molecule has 0 bridgehead atoms. The summed E-state index contributed by atoms with van der Waals surface area (Å²) in [6.45, 7) is 3.92. The summed E-state index contributed by atoms with van der Waals surface area (Å²) in [5.74, 6) is 0. The summed E-state index contributed by atoms with van der Waals surface area (Å²) in [5.41, 5.74) is 0.847. The van der Waals surface area contributed by atoms with Gasteiger partial charge in [-0.2, -0.15) is 4.31 Å². The Bertz CT molecular complexity index is 848. The van der Waals surface area contributed by atoms with Crippen molar-refractivity contribution in [1.82, 2.24) is 4.31 Å². The van der Waals surface area contributed by atoms with Crippen LogP contribution in [0.1, 0.15) is 16.0 Å². The number of aryl methyl sites for hydroxylation is 1. The van der Waals surface area contributed by atoms with Crippen LogP contribution in [-0.4, -0.2) is 37.9 Å². The van der Waals surface area contributed by atoms with Crippen LogP contribution < -0.4 is 0 Å². The number of rotatable bonds is 8. The van der Waals surface area contributed by atoms with Crippen molar-refractivity contribution in [2.45, 2.75) is 25.3 Å². The van der Waals surface area contributed by atoms with Gasteiger partial charge in [0.1, 0.15) is 0 Å². The second-order valence-electron chi connectivity index (χ2n) is 5.55. The van der Waals surface area contributed by atoms with Crippen molar-refractivity contribution >= 4 is 27.0 Å². The molecule has 0 amide bonds. The van der Waals surface area contributed by atoms with Gasteiger partial charge >= 0.3 is 0 Å². The highest BCUT2D eigenvalue weighted by Crippen LogP contribution is 2.29. The van der Waals surface area contributed by atoms with Gasteiger partial charge in [0, 0.05) is 37.2 Å². The maximum Gasteiger partial charge on any atom is 0.271 e. The minimum atomic E-state index is -3.90. The van der Waals surface area contributed by atoms with Gasteiger partial charge in [-0.05, 0) is 36.4 Å². The van der Waals surface area contributed by atoms with E-state index >= 15 is 0 Å². The highest BCUT2D eigenvalue weighted by molar-refractivity contribution is 7.89. The van der Waals surface area contributed by atoms with E-state index in [4.69, 9.17) is 4.74 Å². The van der Waals surface area contributed by atoms with Crippen molar-refractivity contribution in [3.05, 3.63) is 55.8 Å². The van der Waals surface area contributed by atoms with Crippen LogP contribution in [0.15, 0.2) is 34.5 Å². The van der Waals surface area contributed by atoms with Gasteiger partial charge in [-0.25, -0.2) is 8.42 Å². The van der Waals surface area contributed by atoms with Crippen molar-refractivity contribution in [3.63, 3.8) is 0 Å². The minimum Gasteiger partial charge on any atom is -0.383 e. The molecule has 0 unspecified atom stereocenters. The zero-order valence-electron chi connectivity index (χ0n) is 14.3. The van der Waals surface area contributed by atoms with Crippen molar-refractivity contribution in [2.24, 2.45) is 0 Å². The number of methoxy groups -OCH3 is 1. The summed E-state index contributed by atoms with van der Waals surface area (Å²) in [7, 11) is -2.40. The smallest absolute Gasteiger partial charge is 0.271 e. The second kappa shape index (κ2) is 8.05. The Morgan fingerprint density at radius 1 is 1.32 bits per heavy atom. The number of hydrogen-bond donors (Lipinski definition) is 0. The zero-order valence-corrected chi connectivity index (χ0v) is 15.9. The number of thiophene rings is 1. The zero-order chi connectivity index (χ0) is 18.6. The second-order valence-corrected chi connectivity index (χ2v) is 8.49. The van der Waals surface area contributed by atoms with E-state index in [1.54, 1.807) is 13.8 Å². The summed E-state index contributed by atoms with van der Waals surface area (Å²) in [4.78, 5) is 11.4. The molecule has 0 aliphatic rings. The van der Waals surface area contributed by atoms with Gasteiger partial charge in [0.15, 0.2) is 0 Å². The largest absolute Gasteiger partial charge is 0.383 e. The fraction of sp³-hybridized carbons (Fsp3) is 0.375. The topological polar surface area (TPSA) is 89.8 Å². The molecule has 2 aromatic rings. The molecule has 1 aromatic heterocycles. The predicted molar refractivity (Wildman–Crippen MR) is 96.4 cm³/mol. The molecule has 9 heteroatoms. The SMILES string of the molecule is COCCN(Cc1cccs1)S(=O)(=O)c1cc([N+](=O)[O-])cc(C)c1C. The maximum atomic E-state index is 13.2. The Kier molecular flexibility index (Phi) is 6.28. The Morgan fingerprint density at radius 2 is 2.04 bits per heavy atom. The lowest BCUT2D eigenvalue weighted by atomic mass is 10.1. The van der Waals surface area contributed by atoms with E-state index in [2.05, 4.69) is 0 Å². The minimum absolute atomic E-state index is 0.0353. The average molecular weight is 384 g/mol. The molecule has 7 nitrogen and oxygen atoms in total. The molecule has 0 atom stereocenters. The Morgan fingerprint density at radius 3 is 2.60 bits per heavy atom. The molecular weight excluding hydrogens is 364 g/mol. The van der Waals surface area contributed by atoms with Crippen molar-refractivity contribution in [1.29, 1.82) is 0 Å². The van der Waals surface area contributed by atoms with Gasteiger partial charge < -0.3 is 4.74 Å². The summed E-state index contributed by atoms with van der Waals surface area (Å²) in [6.07, 6.45) is 0. The molecule has 0 N–H and O–H groups in total. The van der Waals surface area contributed by atoms with E-state index in [-0.39, 0.29) is 30.3 Å². The summed E-state index contributed by atoms with van der Waals surface area (Å²) in [5, 5.41) is 13.0. The number of ether oxygens (including phenoxy) is 1. The highest BCUT2D eigenvalue weighted by Gasteiger charge is 2.29. The molecule has 1 heterocycles. The molecule has 0 spiro atoms. The Hall–Kier alpha value is -1.81. The first-order chi connectivity index (χ1) is 11.8. The van der Waals surface area contributed by atoms with E-state index in [9.17, 15) is 18.5 Å². The first-order valence-corrected chi connectivity index (χ1v) is 9.86. The molecule has 0 saturated carbocycles. The number of hydrogen-bond acceptors (Lipinski definition) is 6. The lowest BCUT2D eigenvalue weighted by Gasteiger charge is -2.22. The lowest BCUT2D eigenvalue weighted by molar-refractivity contribution is -0.385. The van der Waals surface area contributed by atoms with E-state index in [1.165, 1.54) is 28.8 Å². The van der Waals surface area contributed by atoms with E-state index in [1.807, 2.05) is 17.5 Å². The van der Waals surface area contributed by atoms with Crippen LogP contribution in [0.3, 0.4) is 0 Å². The normalized spacial score (nSPS) is 11.8. The predicted octanol–water partition coefficient (Wildman–Crippen LogP) is 3.11. The molecule has 136 valence electrons. The van der Waals surface area contributed by atoms with Crippen LogP contribution in [0.5, 0.6) is 0 Å². The average Bonchev–Trinajstić information content (AvgIpc) is 3.06. The van der Waals surface area contributed by atoms with Crippen LogP contribution in [0.4, 0.5) is 5.69 Å². The fourth-order valence-electron chi connectivity index (χ4n) is 2.37. The first kappa shape index (κ1) is 19.5. The number of non-ortho nitro benzene ring substituents is 1. The third-order valence-electron chi connectivity index (χ3n) is 3.89. The van der Waals surface area contributed by atoms with Gasteiger partial charge in [0.2, 0.25) is 10.0 Å². The van der Waals surface area contributed by atoms with Crippen molar-refractivity contribution < 1.29 is 18.1 Å². The first-order valence-electron chi connectivity index (χ1n) is 7.54. The van der Waals surface area contributed by atoms with Gasteiger partial charge in [-0.1, -0.05) is 6.07 Å². The van der Waals surface area contributed by atoms with Gasteiger partial charge in [0.05, 0.1) is 16.4 Å². The standard InChI is InChI=1S/C16H20N2O5S2/c1-12-9-14(18(19)20)10-16(13(12)2)25(21,22)17(6-7-23-3)11-15-5-4-8-24-15/h4-5,8-10H,6-7,11H2,1-3H3. The Labute approximate surface area is 151 Å². The van der Waals surface area contributed by atoms with E-state index < -0.39 is 14.9 Å².